The van der Waals surface area contributed by atoms with E-state index in [1.807, 2.05) is 30.3 Å². The topological polar surface area (TPSA) is 92.5 Å². The number of benzene rings is 2. The molecule has 5 aromatic rings. The van der Waals surface area contributed by atoms with Crippen LogP contribution in [0.1, 0.15) is 11.1 Å². The molecule has 0 aliphatic carbocycles. The number of fused-ring (bicyclic) bond motifs is 1. The molecule has 0 amide bonds. The number of aryl methyl sites for hydroxylation is 4. The van der Waals surface area contributed by atoms with Gasteiger partial charge in [-0.25, -0.2) is 9.78 Å². The van der Waals surface area contributed by atoms with E-state index in [1.165, 1.54) is 22.7 Å². The largest absolute Gasteiger partial charge is 0.332 e. The molecule has 178 valence electrons. The second kappa shape index (κ2) is 9.03. The van der Waals surface area contributed by atoms with E-state index in [1.54, 1.807) is 29.7 Å². The first-order valence-corrected chi connectivity index (χ1v) is 12.2. The van der Waals surface area contributed by atoms with Crippen LogP contribution in [0.3, 0.4) is 0 Å². The quantitative estimate of drug-likeness (QED) is 0.342. The van der Waals surface area contributed by atoms with E-state index >= 15 is 0 Å². The third-order valence-corrected chi connectivity index (χ3v) is 7.10. The molecule has 2 aromatic carbocycles. The first-order chi connectivity index (χ1) is 16.9. The standard InChI is InChI=1S/C25H25N7O2S/c1-16-10-11-19(14-17(16)2)32-21(18-8-6-5-7-9-18)27-28-24(32)35-13-12-31-15-26-22-20(31)23(33)30(4)25(34)29(22)3/h5-11,14-15H,12-13H2,1-4H3. The number of hydrogen-bond donors (Lipinski definition) is 0. The predicted molar refractivity (Wildman–Crippen MR) is 137 cm³/mol. The maximum Gasteiger partial charge on any atom is 0.332 e. The van der Waals surface area contributed by atoms with Crippen LogP contribution in [0.5, 0.6) is 0 Å². The van der Waals surface area contributed by atoms with Crippen molar-refractivity contribution in [3.8, 4) is 17.1 Å². The summed E-state index contributed by atoms with van der Waals surface area (Å²) in [4.78, 5) is 29.2. The van der Waals surface area contributed by atoms with Crippen molar-refractivity contribution in [3.63, 3.8) is 0 Å². The highest BCUT2D eigenvalue weighted by atomic mass is 32.2. The van der Waals surface area contributed by atoms with Gasteiger partial charge in [0.15, 0.2) is 22.1 Å². The minimum absolute atomic E-state index is 0.352. The van der Waals surface area contributed by atoms with Crippen molar-refractivity contribution in [1.29, 1.82) is 0 Å². The summed E-state index contributed by atoms with van der Waals surface area (Å²) in [7, 11) is 3.10. The van der Waals surface area contributed by atoms with Crippen LogP contribution in [0, 0.1) is 13.8 Å². The number of nitrogens with zero attached hydrogens (tertiary/aromatic N) is 7. The Morgan fingerprint density at radius 3 is 2.43 bits per heavy atom. The molecule has 0 spiro atoms. The highest BCUT2D eigenvalue weighted by Crippen LogP contribution is 2.29. The predicted octanol–water partition coefficient (Wildman–Crippen LogP) is 3.09. The van der Waals surface area contributed by atoms with Gasteiger partial charge >= 0.3 is 5.69 Å². The fraction of sp³-hybridized carbons (Fsp3) is 0.240. The van der Waals surface area contributed by atoms with Gasteiger partial charge in [-0.3, -0.25) is 18.5 Å². The smallest absolute Gasteiger partial charge is 0.324 e. The summed E-state index contributed by atoms with van der Waals surface area (Å²) >= 11 is 1.56. The summed E-state index contributed by atoms with van der Waals surface area (Å²) in [5, 5.41) is 9.77. The molecule has 35 heavy (non-hydrogen) atoms. The van der Waals surface area contributed by atoms with Crippen molar-refractivity contribution < 1.29 is 0 Å². The minimum atomic E-state index is -0.392. The number of imidazole rings is 1. The highest BCUT2D eigenvalue weighted by Gasteiger charge is 2.18. The maximum absolute atomic E-state index is 12.7. The zero-order valence-corrected chi connectivity index (χ0v) is 20.8. The Balaban J connectivity index is 1.49. The third-order valence-electron chi connectivity index (χ3n) is 6.19. The molecule has 0 aliphatic heterocycles. The van der Waals surface area contributed by atoms with Gasteiger partial charge in [0.1, 0.15) is 0 Å². The zero-order chi connectivity index (χ0) is 24.7. The lowest BCUT2D eigenvalue weighted by atomic mass is 10.1. The Morgan fingerprint density at radius 2 is 1.69 bits per heavy atom. The van der Waals surface area contributed by atoms with E-state index in [9.17, 15) is 9.59 Å². The Morgan fingerprint density at radius 1 is 0.914 bits per heavy atom. The first-order valence-electron chi connectivity index (χ1n) is 11.2. The molecule has 0 radical (unpaired) electrons. The van der Waals surface area contributed by atoms with Gasteiger partial charge < -0.3 is 4.57 Å². The second-order valence-corrected chi connectivity index (χ2v) is 9.50. The second-order valence-electron chi connectivity index (χ2n) is 8.44. The number of thioether (sulfide) groups is 1. The lowest BCUT2D eigenvalue weighted by molar-refractivity contribution is 0.700. The van der Waals surface area contributed by atoms with Crippen LogP contribution in [0.25, 0.3) is 28.2 Å². The van der Waals surface area contributed by atoms with Crippen molar-refractivity contribution in [3.05, 3.63) is 86.8 Å². The van der Waals surface area contributed by atoms with E-state index in [0.717, 1.165) is 26.8 Å². The van der Waals surface area contributed by atoms with Gasteiger partial charge in [-0.05, 0) is 37.1 Å². The van der Waals surface area contributed by atoms with Gasteiger partial charge in [-0.1, -0.05) is 48.2 Å². The molecular formula is C25H25N7O2S. The van der Waals surface area contributed by atoms with E-state index in [2.05, 4.69) is 51.8 Å². The first kappa shape index (κ1) is 22.9. The molecule has 0 bridgehead atoms. The van der Waals surface area contributed by atoms with Crippen molar-refractivity contribution in [2.24, 2.45) is 14.1 Å². The van der Waals surface area contributed by atoms with E-state index < -0.39 is 5.69 Å². The normalized spacial score (nSPS) is 11.4. The molecule has 10 heteroatoms. The Kier molecular flexibility index (Phi) is 5.89. The van der Waals surface area contributed by atoms with Crippen molar-refractivity contribution in [1.82, 2.24) is 33.4 Å². The summed E-state index contributed by atoms with van der Waals surface area (Å²) in [6.07, 6.45) is 1.61. The molecule has 9 nitrogen and oxygen atoms in total. The Bertz CT molecular complexity index is 1660. The summed E-state index contributed by atoms with van der Waals surface area (Å²) in [6, 6.07) is 16.3. The van der Waals surface area contributed by atoms with Crippen LogP contribution < -0.4 is 11.2 Å². The highest BCUT2D eigenvalue weighted by molar-refractivity contribution is 7.99. The number of hydrogen-bond acceptors (Lipinski definition) is 6. The molecule has 0 aliphatic rings. The van der Waals surface area contributed by atoms with Crippen LogP contribution >= 0.6 is 11.8 Å². The van der Waals surface area contributed by atoms with Gasteiger partial charge in [0.05, 0.1) is 12.0 Å². The number of aromatic nitrogens is 7. The van der Waals surface area contributed by atoms with Gasteiger partial charge in [0.25, 0.3) is 5.56 Å². The Hall–Kier alpha value is -3.92. The fourth-order valence-electron chi connectivity index (χ4n) is 4.04. The summed E-state index contributed by atoms with van der Waals surface area (Å²) < 4.78 is 6.36. The lowest BCUT2D eigenvalue weighted by Crippen LogP contribution is -2.37. The van der Waals surface area contributed by atoms with Crippen LogP contribution in [-0.4, -0.2) is 39.2 Å². The van der Waals surface area contributed by atoms with Gasteiger partial charge in [0, 0.05) is 32.0 Å². The molecule has 0 unspecified atom stereocenters. The molecule has 0 N–H and O–H groups in total. The SMILES string of the molecule is Cc1ccc(-n2c(SCCn3cnc4c3c(=O)n(C)c(=O)n4C)nnc2-c2ccccc2)cc1C. The van der Waals surface area contributed by atoms with Crippen LogP contribution in [0.4, 0.5) is 0 Å². The molecule has 0 saturated carbocycles. The van der Waals surface area contributed by atoms with Crippen LogP contribution in [0.15, 0.2) is 69.6 Å². The summed E-state index contributed by atoms with van der Waals surface area (Å²) in [5.41, 5.74) is 4.44. The van der Waals surface area contributed by atoms with Gasteiger partial charge in [-0.15, -0.1) is 10.2 Å². The van der Waals surface area contributed by atoms with Crippen molar-refractivity contribution in [2.75, 3.05) is 5.75 Å². The van der Waals surface area contributed by atoms with Gasteiger partial charge in [-0.2, -0.15) is 0 Å². The van der Waals surface area contributed by atoms with E-state index in [0.29, 0.717) is 23.5 Å². The summed E-state index contributed by atoms with van der Waals surface area (Å²) in [6.45, 7) is 4.71. The number of rotatable bonds is 6. The average molecular weight is 488 g/mol. The Labute approximate surface area is 205 Å². The van der Waals surface area contributed by atoms with Crippen molar-refractivity contribution >= 4 is 22.9 Å². The molecular weight excluding hydrogens is 462 g/mol. The fourth-order valence-corrected chi connectivity index (χ4v) is 4.93. The van der Waals surface area contributed by atoms with E-state index in [-0.39, 0.29) is 5.56 Å². The van der Waals surface area contributed by atoms with Crippen LogP contribution in [-0.2, 0) is 20.6 Å². The molecule has 5 rings (SSSR count). The molecule has 0 saturated heterocycles. The molecule has 0 atom stereocenters. The molecule has 0 fully saturated rings. The van der Waals surface area contributed by atoms with Crippen LogP contribution in [0.2, 0.25) is 0 Å². The zero-order valence-electron chi connectivity index (χ0n) is 20.0. The minimum Gasteiger partial charge on any atom is -0.324 e. The lowest BCUT2D eigenvalue weighted by Gasteiger charge is -2.12. The van der Waals surface area contributed by atoms with Gasteiger partial charge in [0.2, 0.25) is 0 Å². The van der Waals surface area contributed by atoms with E-state index in [4.69, 9.17) is 0 Å². The molecule has 3 heterocycles. The summed E-state index contributed by atoms with van der Waals surface area (Å²) in [5.74, 6) is 1.41. The van der Waals surface area contributed by atoms with Crippen molar-refractivity contribution in [2.45, 2.75) is 25.5 Å². The monoisotopic (exact) mass is 487 g/mol. The third kappa shape index (κ3) is 3.99. The molecule has 3 aromatic heterocycles. The average Bonchev–Trinajstić information content (AvgIpc) is 3.48. The maximum atomic E-state index is 12.7.